The van der Waals surface area contributed by atoms with Crippen LogP contribution in [0.15, 0.2) is 53.7 Å². The number of likely N-dealkylation sites (tertiary alicyclic amines) is 2. The molecule has 5 atom stereocenters. The van der Waals surface area contributed by atoms with E-state index in [0.717, 1.165) is 9.80 Å². The number of nitriles is 1. The summed E-state index contributed by atoms with van der Waals surface area (Å²) in [6, 6.07) is 2.13. The molecule has 0 saturated carbocycles. The summed E-state index contributed by atoms with van der Waals surface area (Å²) in [6.45, 7) is 8.22. The number of hydrogen-bond acceptors (Lipinski definition) is 8. The summed E-state index contributed by atoms with van der Waals surface area (Å²) >= 11 is -1.13. The van der Waals surface area contributed by atoms with Gasteiger partial charge in [-0.15, -0.1) is 0 Å². The number of nitrogens with one attached hydrogen (secondary N) is 1. The SMILES string of the molecule is CO[C@@H]1C[C@H](C(=O)N(c2ccc(S(F)(F)(F)(F)F)cc2)[C@@H](C(=O)N[I-]C(C)C2CCN(C(=O)OC(C)(C)C)C2)c2cccnc2)N(C#N)C1. The van der Waals surface area contributed by atoms with Gasteiger partial charge in [-0.3, -0.25) is 0 Å². The predicted octanol–water partition coefficient (Wildman–Crippen LogP) is 3.15. The van der Waals surface area contributed by atoms with Crippen LogP contribution in [0.25, 0.3) is 0 Å². The minimum atomic E-state index is -10.1. The van der Waals surface area contributed by atoms with Crippen LogP contribution in [0.3, 0.4) is 0 Å². The molecule has 3 amide bonds. The Morgan fingerprint density at radius 2 is 1.80 bits per heavy atom. The van der Waals surface area contributed by atoms with Crippen LogP contribution in [-0.2, 0) is 19.1 Å². The van der Waals surface area contributed by atoms with Crippen LogP contribution >= 0.6 is 10.2 Å². The molecule has 11 nitrogen and oxygen atoms in total. The van der Waals surface area contributed by atoms with Crippen molar-refractivity contribution in [3.8, 4) is 6.19 Å². The van der Waals surface area contributed by atoms with E-state index in [2.05, 4.69) is 8.51 Å². The van der Waals surface area contributed by atoms with E-state index in [-0.39, 0.29) is 46.2 Å². The Labute approximate surface area is 292 Å². The first-order valence-corrected chi connectivity index (χ1v) is 19.6. The van der Waals surface area contributed by atoms with Crippen molar-refractivity contribution in [1.29, 1.82) is 5.26 Å². The van der Waals surface area contributed by atoms with E-state index in [4.69, 9.17) is 9.47 Å². The number of methoxy groups -OCH3 is 1. The summed E-state index contributed by atoms with van der Waals surface area (Å²) in [6.07, 6.45) is 4.42. The number of anilines is 1. The number of ether oxygens (including phenoxy) is 2. The van der Waals surface area contributed by atoms with Crippen LogP contribution in [0.5, 0.6) is 0 Å². The number of aromatic nitrogens is 1. The second-order valence-corrected chi connectivity index (χ2v) is 18.5. The Balaban J connectivity index is 1.66. The van der Waals surface area contributed by atoms with Gasteiger partial charge in [-0.25, -0.2) is 0 Å². The standard InChI is InChI=1S/C31H39F5IN6O5S/c1-20(22-12-14-41(17-22)30(46)48-31(2,3)4)37-40-28(44)27(21-7-6-13-39-16-21)43(29(45)26-15-24(47-5)18-42(26)19-38)23-8-10-25(11-9-23)49(32,33,34,35)36/h6-11,13,16,20,22,24,26-27H,12,14-15,17-18H2,1-5H3,(H,40,44)/q-1/t20?,22?,24-,26-,27-/m1/s1. The van der Waals surface area contributed by atoms with Gasteiger partial charge in [0.05, 0.1) is 0 Å². The van der Waals surface area contributed by atoms with Crippen LogP contribution in [-0.4, -0.2) is 81.1 Å². The maximum absolute atomic E-state index is 14.3. The summed E-state index contributed by atoms with van der Waals surface area (Å²) in [5, 5.41) is 9.78. The Bertz CT molecular complexity index is 1580. The summed E-state index contributed by atoms with van der Waals surface area (Å²) in [4.78, 5) is 46.7. The van der Waals surface area contributed by atoms with Gasteiger partial charge < -0.3 is 0 Å². The van der Waals surface area contributed by atoms with Crippen molar-refractivity contribution in [2.45, 2.75) is 73.1 Å². The molecule has 2 aromatic rings. The third-order valence-corrected chi connectivity index (χ3v) is 12.2. The molecule has 1 aromatic heterocycles. The van der Waals surface area contributed by atoms with Gasteiger partial charge in [-0.05, 0) is 0 Å². The van der Waals surface area contributed by atoms with Gasteiger partial charge in [0.1, 0.15) is 0 Å². The Hall–Kier alpha value is -3.44. The van der Waals surface area contributed by atoms with E-state index in [1.54, 1.807) is 25.7 Å². The molecule has 2 aliphatic rings. The predicted molar refractivity (Wildman–Crippen MR) is 167 cm³/mol. The summed E-state index contributed by atoms with van der Waals surface area (Å²) in [7, 11) is -8.66. The molecule has 4 rings (SSSR count). The van der Waals surface area contributed by atoms with Crippen LogP contribution in [0, 0.1) is 17.4 Å². The van der Waals surface area contributed by atoms with E-state index in [1.165, 1.54) is 31.6 Å². The molecule has 49 heavy (non-hydrogen) atoms. The maximum atomic E-state index is 14.3. The van der Waals surface area contributed by atoms with Gasteiger partial charge in [-0.2, -0.15) is 0 Å². The van der Waals surface area contributed by atoms with Crippen molar-refractivity contribution in [1.82, 2.24) is 18.3 Å². The van der Waals surface area contributed by atoms with Crippen LogP contribution in [0.4, 0.5) is 29.9 Å². The molecule has 3 heterocycles. The van der Waals surface area contributed by atoms with Crippen LogP contribution in [0.1, 0.15) is 52.1 Å². The summed E-state index contributed by atoms with van der Waals surface area (Å²) < 4.78 is 81.9. The first kappa shape index (κ1) is 38.4. The van der Waals surface area contributed by atoms with E-state index in [9.17, 15) is 39.1 Å². The van der Waals surface area contributed by atoms with E-state index < -0.39 is 78.3 Å². The van der Waals surface area contributed by atoms with Crippen LogP contribution in [0.2, 0.25) is 0 Å². The number of benzene rings is 1. The third kappa shape index (κ3) is 9.63. The topological polar surface area (TPSA) is 128 Å². The molecule has 0 aliphatic carbocycles. The monoisotopic (exact) mass is 829 g/mol. The fraction of sp³-hybridized carbons (Fsp3) is 0.516. The number of pyridine rings is 1. The number of alkyl halides is 1. The minimum absolute atomic E-state index is 0.0319. The van der Waals surface area contributed by atoms with Crippen molar-refractivity contribution in [3.05, 3.63) is 54.4 Å². The quantitative estimate of drug-likeness (QED) is 0.127. The van der Waals surface area contributed by atoms with E-state index in [1.807, 2.05) is 13.1 Å². The van der Waals surface area contributed by atoms with Crippen LogP contribution < -0.4 is 29.9 Å². The molecule has 18 heteroatoms. The number of rotatable bonds is 10. The number of amides is 3. The average Bonchev–Trinajstić information content (AvgIpc) is 3.69. The van der Waals surface area contributed by atoms with Gasteiger partial charge in [0.15, 0.2) is 0 Å². The van der Waals surface area contributed by atoms with Gasteiger partial charge in [0, 0.05) is 0 Å². The van der Waals surface area contributed by atoms with E-state index in [0.29, 0.717) is 31.6 Å². The third-order valence-electron chi connectivity index (χ3n) is 8.16. The Morgan fingerprint density at radius 3 is 2.35 bits per heavy atom. The van der Waals surface area contributed by atoms with Crippen molar-refractivity contribution in [2.75, 3.05) is 31.6 Å². The zero-order valence-electron chi connectivity index (χ0n) is 27.5. The average molecular weight is 830 g/mol. The molecular weight excluding hydrogens is 790 g/mol. The normalized spacial score (nSPS) is 22.4. The molecule has 272 valence electrons. The molecule has 0 bridgehead atoms. The second-order valence-electron chi connectivity index (χ2n) is 12.9. The van der Waals surface area contributed by atoms with Gasteiger partial charge in [0.25, 0.3) is 0 Å². The van der Waals surface area contributed by atoms with Gasteiger partial charge in [-0.1, -0.05) is 0 Å². The zero-order chi connectivity index (χ0) is 36.4. The van der Waals surface area contributed by atoms with Crippen molar-refractivity contribution in [3.63, 3.8) is 0 Å². The van der Waals surface area contributed by atoms with Gasteiger partial charge in [0.2, 0.25) is 0 Å². The van der Waals surface area contributed by atoms with Gasteiger partial charge >= 0.3 is 293 Å². The van der Waals surface area contributed by atoms with E-state index >= 15 is 0 Å². The molecular formula is C31H39F5IN6O5S-. The van der Waals surface area contributed by atoms with Crippen molar-refractivity contribution < 1.29 is 64.8 Å². The number of nitrogens with zero attached hydrogens (tertiary/aromatic N) is 5. The van der Waals surface area contributed by atoms with Crippen molar-refractivity contribution in [2.24, 2.45) is 5.92 Å². The molecule has 1 N–H and O–H groups in total. The second kappa shape index (κ2) is 13.7. The summed E-state index contributed by atoms with van der Waals surface area (Å²) in [5.74, 6) is -1.45. The molecule has 2 saturated heterocycles. The molecule has 0 spiro atoms. The molecule has 2 aliphatic heterocycles. The fourth-order valence-corrected chi connectivity index (χ4v) is 8.47. The zero-order valence-corrected chi connectivity index (χ0v) is 30.5. The van der Waals surface area contributed by atoms with Crippen molar-refractivity contribution >= 4 is 33.8 Å². The first-order chi connectivity index (χ1) is 22.6. The molecule has 1 aromatic carbocycles. The molecule has 2 fully saturated rings. The first-order valence-electron chi connectivity index (χ1n) is 15.3. The number of halogens is 6. The Kier molecular flexibility index (Phi) is 10.7. The number of carbonyl (C=O) groups excluding carboxylic acids is 3. The number of hydrogen-bond donors (Lipinski definition) is 1. The Morgan fingerprint density at radius 1 is 1.12 bits per heavy atom. The molecule has 0 radical (unpaired) electrons. The fourth-order valence-electron chi connectivity index (χ4n) is 5.63. The summed E-state index contributed by atoms with van der Waals surface area (Å²) in [5.41, 5.74) is -0.730. The molecule has 2 unspecified atom stereocenters. The number of carbonyl (C=O) groups is 3.